The van der Waals surface area contributed by atoms with Crippen LogP contribution in [0.15, 0.2) is 40.8 Å². The minimum absolute atomic E-state index is 0.262. The first-order chi connectivity index (χ1) is 13.6. The molecule has 0 aliphatic heterocycles. The van der Waals surface area contributed by atoms with Gasteiger partial charge in [-0.15, -0.1) is 0 Å². The average molecular weight is 371 g/mol. The number of rotatable bonds is 3. The van der Waals surface area contributed by atoms with E-state index in [1.807, 2.05) is 31.2 Å². The first-order valence-electron chi connectivity index (χ1n) is 10.6. The van der Waals surface area contributed by atoms with E-state index in [2.05, 4.69) is 12.1 Å². The standard InChI is InChI=1S/C25H25NO2/c1-15-26-23-10-21(20-4-2-16(14-27)3-5-20)9-22(24(23)28-15)25-11-17-6-18(12-25)8-19(7-17)13-25/h2-5,9-10,14,17-19H,6-8,11-13H2,1H3. The van der Waals surface area contributed by atoms with E-state index in [1.54, 1.807) is 0 Å². The van der Waals surface area contributed by atoms with Gasteiger partial charge < -0.3 is 4.42 Å². The lowest BCUT2D eigenvalue weighted by molar-refractivity contribution is -0.00487. The molecule has 2 aromatic carbocycles. The Morgan fingerprint density at radius 3 is 2.21 bits per heavy atom. The molecule has 4 fully saturated rings. The summed E-state index contributed by atoms with van der Waals surface area (Å²) in [5.41, 5.74) is 6.66. The van der Waals surface area contributed by atoms with Gasteiger partial charge in [0.05, 0.1) is 0 Å². The molecule has 0 radical (unpaired) electrons. The molecule has 0 atom stereocenters. The van der Waals surface area contributed by atoms with Crippen molar-refractivity contribution in [3.05, 3.63) is 53.4 Å². The molecule has 7 rings (SSSR count). The Morgan fingerprint density at radius 2 is 1.61 bits per heavy atom. The van der Waals surface area contributed by atoms with Gasteiger partial charge >= 0.3 is 0 Å². The Kier molecular flexibility index (Phi) is 3.42. The normalized spacial score (nSPS) is 30.8. The molecular weight excluding hydrogens is 346 g/mol. The van der Waals surface area contributed by atoms with Crippen LogP contribution in [0.2, 0.25) is 0 Å². The molecule has 28 heavy (non-hydrogen) atoms. The molecule has 0 N–H and O–H groups in total. The van der Waals surface area contributed by atoms with E-state index in [0.29, 0.717) is 5.56 Å². The highest BCUT2D eigenvalue weighted by Crippen LogP contribution is 2.61. The zero-order valence-electron chi connectivity index (χ0n) is 16.3. The number of aryl methyl sites for hydroxylation is 1. The van der Waals surface area contributed by atoms with Crippen LogP contribution in [-0.2, 0) is 5.41 Å². The fraction of sp³-hybridized carbons (Fsp3) is 0.440. The summed E-state index contributed by atoms with van der Waals surface area (Å²) >= 11 is 0. The van der Waals surface area contributed by atoms with Crippen molar-refractivity contribution in [2.24, 2.45) is 17.8 Å². The van der Waals surface area contributed by atoms with Crippen LogP contribution in [0, 0.1) is 24.7 Å². The van der Waals surface area contributed by atoms with E-state index < -0.39 is 0 Å². The van der Waals surface area contributed by atoms with E-state index in [9.17, 15) is 4.79 Å². The predicted octanol–water partition coefficient (Wildman–Crippen LogP) is 6.08. The minimum Gasteiger partial charge on any atom is -0.441 e. The number of benzene rings is 2. The molecule has 1 heterocycles. The number of nitrogens with zero attached hydrogens (tertiary/aromatic N) is 1. The van der Waals surface area contributed by atoms with Crippen LogP contribution in [0.5, 0.6) is 0 Å². The highest BCUT2D eigenvalue weighted by Gasteiger charge is 2.52. The fourth-order valence-corrected chi connectivity index (χ4v) is 6.90. The molecular formula is C25H25NO2. The first kappa shape index (κ1) is 16.5. The summed E-state index contributed by atoms with van der Waals surface area (Å²) in [6, 6.07) is 12.4. The molecule has 4 saturated carbocycles. The lowest BCUT2D eigenvalue weighted by Crippen LogP contribution is -2.48. The Hall–Kier alpha value is -2.42. The molecule has 4 bridgehead atoms. The number of hydrogen-bond acceptors (Lipinski definition) is 3. The van der Waals surface area contributed by atoms with Gasteiger partial charge in [-0.25, -0.2) is 4.98 Å². The second-order valence-corrected chi connectivity index (χ2v) is 9.54. The Bertz CT molecular complexity index is 1040. The molecule has 0 saturated heterocycles. The number of fused-ring (bicyclic) bond motifs is 1. The first-order valence-corrected chi connectivity index (χ1v) is 10.6. The third kappa shape index (κ3) is 2.41. The van der Waals surface area contributed by atoms with Crippen molar-refractivity contribution in [2.45, 2.75) is 50.9 Å². The number of carbonyl (C=O) groups is 1. The van der Waals surface area contributed by atoms with Crippen molar-refractivity contribution in [1.82, 2.24) is 4.98 Å². The van der Waals surface area contributed by atoms with Crippen molar-refractivity contribution in [3.8, 4) is 11.1 Å². The molecule has 4 aliphatic rings. The minimum atomic E-state index is 0.262. The van der Waals surface area contributed by atoms with E-state index >= 15 is 0 Å². The smallest absolute Gasteiger partial charge is 0.192 e. The molecule has 4 aliphatic carbocycles. The van der Waals surface area contributed by atoms with Gasteiger partial charge in [0.2, 0.25) is 0 Å². The third-order valence-corrected chi connectivity index (χ3v) is 7.59. The van der Waals surface area contributed by atoms with Gasteiger partial charge in [-0.3, -0.25) is 4.79 Å². The molecule has 3 nitrogen and oxygen atoms in total. The van der Waals surface area contributed by atoms with Crippen LogP contribution in [0.1, 0.15) is 60.3 Å². The average Bonchev–Trinajstić information content (AvgIpc) is 3.06. The van der Waals surface area contributed by atoms with Crippen LogP contribution in [0.25, 0.3) is 22.2 Å². The van der Waals surface area contributed by atoms with E-state index in [0.717, 1.165) is 46.6 Å². The fourth-order valence-electron chi connectivity index (χ4n) is 6.90. The van der Waals surface area contributed by atoms with Crippen LogP contribution < -0.4 is 0 Å². The predicted molar refractivity (Wildman–Crippen MR) is 109 cm³/mol. The lowest BCUT2D eigenvalue weighted by atomic mass is 9.48. The largest absolute Gasteiger partial charge is 0.441 e. The van der Waals surface area contributed by atoms with Crippen LogP contribution in [0.3, 0.4) is 0 Å². The summed E-state index contributed by atoms with van der Waals surface area (Å²) in [7, 11) is 0. The van der Waals surface area contributed by atoms with E-state index in [-0.39, 0.29) is 5.41 Å². The van der Waals surface area contributed by atoms with Crippen LogP contribution in [-0.4, -0.2) is 11.3 Å². The summed E-state index contributed by atoms with van der Waals surface area (Å²) < 4.78 is 6.16. The quantitative estimate of drug-likeness (QED) is 0.524. The van der Waals surface area contributed by atoms with E-state index in [1.165, 1.54) is 49.7 Å². The molecule has 0 spiro atoms. The number of oxazole rings is 1. The maximum Gasteiger partial charge on any atom is 0.192 e. The number of aldehydes is 1. The van der Waals surface area contributed by atoms with Crippen LogP contribution in [0.4, 0.5) is 0 Å². The van der Waals surface area contributed by atoms with Gasteiger partial charge in [-0.2, -0.15) is 0 Å². The number of hydrogen-bond donors (Lipinski definition) is 0. The van der Waals surface area contributed by atoms with Gasteiger partial charge in [0.1, 0.15) is 11.8 Å². The van der Waals surface area contributed by atoms with Gasteiger partial charge in [-0.1, -0.05) is 24.3 Å². The molecule has 0 unspecified atom stereocenters. The summed E-state index contributed by atoms with van der Waals surface area (Å²) in [4.78, 5) is 15.7. The monoisotopic (exact) mass is 371 g/mol. The van der Waals surface area contributed by atoms with Crippen molar-refractivity contribution < 1.29 is 9.21 Å². The molecule has 0 amide bonds. The van der Waals surface area contributed by atoms with Crippen molar-refractivity contribution in [2.75, 3.05) is 0 Å². The number of aromatic nitrogens is 1. The van der Waals surface area contributed by atoms with E-state index in [4.69, 9.17) is 9.40 Å². The Labute approximate surface area is 165 Å². The Balaban J connectivity index is 1.54. The highest BCUT2D eigenvalue weighted by molar-refractivity contribution is 5.85. The van der Waals surface area contributed by atoms with Gasteiger partial charge in [0.15, 0.2) is 11.5 Å². The number of carbonyl (C=O) groups excluding carboxylic acids is 1. The summed E-state index contributed by atoms with van der Waals surface area (Å²) in [6.07, 6.45) is 9.12. The van der Waals surface area contributed by atoms with Crippen LogP contribution >= 0.6 is 0 Å². The maximum absolute atomic E-state index is 11.0. The van der Waals surface area contributed by atoms with Crippen molar-refractivity contribution in [1.29, 1.82) is 0 Å². The molecule has 3 heteroatoms. The molecule has 3 aromatic rings. The maximum atomic E-state index is 11.0. The summed E-state index contributed by atoms with van der Waals surface area (Å²) in [5, 5.41) is 0. The summed E-state index contributed by atoms with van der Waals surface area (Å²) in [6.45, 7) is 1.95. The lowest BCUT2D eigenvalue weighted by Gasteiger charge is -2.57. The molecule has 142 valence electrons. The summed E-state index contributed by atoms with van der Waals surface area (Å²) in [5.74, 6) is 3.41. The SMILES string of the molecule is Cc1nc2cc(-c3ccc(C=O)cc3)cc(C34CC5CC(CC(C5)C3)C4)c2o1. The highest BCUT2D eigenvalue weighted by atomic mass is 16.3. The van der Waals surface area contributed by atoms with Gasteiger partial charge in [-0.05, 0) is 85.0 Å². The zero-order valence-corrected chi connectivity index (χ0v) is 16.3. The second-order valence-electron chi connectivity index (χ2n) is 9.54. The van der Waals surface area contributed by atoms with Crippen molar-refractivity contribution in [3.63, 3.8) is 0 Å². The topological polar surface area (TPSA) is 43.1 Å². The second kappa shape index (κ2) is 5.79. The van der Waals surface area contributed by atoms with Gasteiger partial charge in [0, 0.05) is 18.1 Å². The zero-order chi connectivity index (χ0) is 18.9. The molecule has 1 aromatic heterocycles. The Morgan fingerprint density at radius 1 is 0.964 bits per heavy atom. The van der Waals surface area contributed by atoms with Gasteiger partial charge in [0.25, 0.3) is 0 Å². The van der Waals surface area contributed by atoms with Crippen molar-refractivity contribution >= 4 is 17.4 Å². The third-order valence-electron chi connectivity index (χ3n) is 7.59.